The van der Waals surface area contributed by atoms with E-state index >= 15 is 0 Å². The molecule has 1 N–H and O–H groups in total. The standard InChI is InChI=1S/C9H10ClNO/c1-7(12)11-6-8-2-4-9(10)5-3-8/h2-5H,6H2,1H3,(H,11,12). The Morgan fingerprint density at radius 3 is 2.50 bits per heavy atom. The molecule has 1 rings (SSSR count). The first-order valence-corrected chi connectivity index (χ1v) is 4.05. The predicted octanol–water partition coefficient (Wildman–Crippen LogP) is 1.98. The number of nitrogens with one attached hydrogen (secondary N) is 1. The van der Waals surface area contributed by atoms with Gasteiger partial charge in [0.15, 0.2) is 0 Å². The van der Waals surface area contributed by atoms with Crippen LogP contribution in [0, 0.1) is 0 Å². The Kier molecular flexibility index (Phi) is 3.11. The second-order valence-electron chi connectivity index (χ2n) is 2.54. The molecule has 1 amide bonds. The molecule has 0 aliphatic heterocycles. The zero-order valence-corrected chi connectivity index (χ0v) is 7.56. The van der Waals surface area contributed by atoms with Crippen LogP contribution >= 0.6 is 11.6 Å². The van der Waals surface area contributed by atoms with Crippen molar-refractivity contribution in [3.8, 4) is 0 Å². The molecular formula is C9H10ClNO. The molecule has 0 radical (unpaired) electrons. The minimum absolute atomic E-state index is 0.0232. The van der Waals surface area contributed by atoms with Crippen LogP contribution in [0.2, 0.25) is 5.02 Å². The van der Waals surface area contributed by atoms with Gasteiger partial charge in [-0.1, -0.05) is 23.7 Å². The van der Waals surface area contributed by atoms with Gasteiger partial charge in [0.2, 0.25) is 5.91 Å². The van der Waals surface area contributed by atoms with Gasteiger partial charge in [-0.2, -0.15) is 0 Å². The molecule has 0 heterocycles. The Morgan fingerprint density at radius 2 is 2.00 bits per heavy atom. The summed E-state index contributed by atoms with van der Waals surface area (Å²) in [5.74, 6) is -0.0232. The number of hydrogen-bond acceptors (Lipinski definition) is 1. The fourth-order valence-electron chi connectivity index (χ4n) is 0.829. The van der Waals surface area contributed by atoms with Crippen LogP contribution in [0.1, 0.15) is 12.5 Å². The number of halogens is 1. The molecule has 0 atom stereocenters. The third-order valence-corrected chi connectivity index (χ3v) is 1.71. The summed E-state index contributed by atoms with van der Waals surface area (Å²) in [6.07, 6.45) is 0. The normalized spacial score (nSPS) is 9.50. The number of benzene rings is 1. The SMILES string of the molecule is CC(=O)NCc1ccc(Cl)cc1. The largest absolute Gasteiger partial charge is 0.352 e. The van der Waals surface area contributed by atoms with Crippen LogP contribution < -0.4 is 5.32 Å². The topological polar surface area (TPSA) is 29.1 Å². The number of hydrogen-bond donors (Lipinski definition) is 1. The van der Waals surface area contributed by atoms with Gasteiger partial charge in [-0.25, -0.2) is 0 Å². The minimum Gasteiger partial charge on any atom is -0.352 e. The lowest BCUT2D eigenvalue weighted by atomic mass is 10.2. The van der Waals surface area contributed by atoms with Crippen LogP contribution in [0.5, 0.6) is 0 Å². The maximum absolute atomic E-state index is 10.5. The van der Waals surface area contributed by atoms with Crippen LogP contribution in [0.15, 0.2) is 24.3 Å². The quantitative estimate of drug-likeness (QED) is 0.747. The summed E-state index contributed by atoms with van der Waals surface area (Å²) in [4.78, 5) is 10.5. The molecule has 0 bridgehead atoms. The van der Waals surface area contributed by atoms with Crippen molar-refractivity contribution in [3.63, 3.8) is 0 Å². The summed E-state index contributed by atoms with van der Waals surface area (Å²) in [5.41, 5.74) is 1.05. The summed E-state index contributed by atoms with van der Waals surface area (Å²) in [6, 6.07) is 7.38. The highest BCUT2D eigenvalue weighted by atomic mass is 35.5. The van der Waals surface area contributed by atoms with Crippen molar-refractivity contribution in [1.82, 2.24) is 5.32 Å². The Morgan fingerprint density at radius 1 is 1.42 bits per heavy atom. The van der Waals surface area contributed by atoms with Gasteiger partial charge < -0.3 is 5.32 Å². The molecule has 0 aromatic heterocycles. The first kappa shape index (κ1) is 9.07. The van der Waals surface area contributed by atoms with E-state index in [4.69, 9.17) is 11.6 Å². The van der Waals surface area contributed by atoms with E-state index in [-0.39, 0.29) is 5.91 Å². The molecule has 0 saturated carbocycles. The highest BCUT2D eigenvalue weighted by Crippen LogP contribution is 2.08. The fraction of sp³-hybridized carbons (Fsp3) is 0.222. The molecule has 0 aliphatic carbocycles. The van der Waals surface area contributed by atoms with E-state index in [0.29, 0.717) is 11.6 Å². The number of carbonyl (C=O) groups excluding carboxylic acids is 1. The first-order chi connectivity index (χ1) is 5.68. The second kappa shape index (κ2) is 4.12. The monoisotopic (exact) mass is 183 g/mol. The van der Waals surface area contributed by atoms with Crippen molar-refractivity contribution in [1.29, 1.82) is 0 Å². The Balaban J connectivity index is 2.53. The number of amides is 1. The van der Waals surface area contributed by atoms with Gasteiger partial charge in [-0.15, -0.1) is 0 Å². The molecule has 0 spiro atoms. The van der Waals surface area contributed by atoms with E-state index in [1.54, 1.807) is 12.1 Å². The molecule has 1 aromatic carbocycles. The smallest absolute Gasteiger partial charge is 0.217 e. The van der Waals surface area contributed by atoms with Crippen molar-refractivity contribution in [2.75, 3.05) is 0 Å². The lowest BCUT2D eigenvalue weighted by molar-refractivity contribution is -0.119. The third kappa shape index (κ3) is 2.93. The maximum Gasteiger partial charge on any atom is 0.217 e. The van der Waals surface area contributed by atoms with Crippen LogP contribution in [0.3, 0.4) is 0 Å². The van der Waals surface area contributed by atoms with E-state index in [0.717, 1.165) is 5.56 Å². The first-order valence-electron chi connectivity index (χ1n) is 3.67. The average Bonchev–Trinajstić information content (AvgIpc) is 2.03. The molecule has 64 valence electrons. The summed E-state index contributed by atoms with van der Waals surface area (Å²) in [6.45, 7) is 2.06. The molecule has 0 aliphatic rings. The van der Waals surface area contributed by atoms with Gasteiger partial charge >= 0.3 is 0 Å². The Bertz CT molecular complexity index is 268. The van der Waals surface area contributed by atoms with E-state index < -0.39 is 0 Å². The van der Waals surface area contributed by atoms with Crippen molar-refractivity contribution in [2.45, 2.75) is 13.5 Å². The lowest BCUT2D eigenvalue weighted by Gasteiger charge is -2.01. The number of rotatable bonds is 2. The van der Waals surface area contributed by atoms with Crippen molar-refractivity contribution < 1.29 is 4.79 Å². The number of carbonyl (C=O) groups is 1. The van der Waals surface area contributed by atoms with Crippen LogP contribution in [0.4, 0.5) is 0 Å². The van der Waals surface area contributed by atoms with Gasteiger partial charge in [0.05, 0.1) is 0 Å². The maximum atomic E-state index is 10.5. The highest BCUT2D eigenvalue weighted by molar-refractivity contribution is 6.30. The summed E-state index contributed by atoms with van der Waals surface area (Å²) >= 11 is 5.69. The molecule has 3 heteroatoms. The van der Waals surface area contributed by atoms with Gasteiger partial charge in [0.25, 0.3) is 0 Å². The van der Waals surface area contributed by atoms with Crippen molar-refractivity contribution in [2.24, 2.45) is 0 Å². The Labute approximate surface area is 76.5 Å². The molecule has 1 aromatic rings. The van der Waals surface area contributed by atoms with Gasteiger partial charge in [-0.05, 0) is 17.7 Å². The van der Waals surface area contributed by atoms with E-state index in [2.05, 4.69) is 5.32 Å². The van der Waals surface area contributed by atoms with Crippen LogP contribution in [-0.4, -0.2) is 5.91 Å². The molecule has 0 unspecified atom stereocenters. The minimum atomic E-state index is -0.0232. The average molecular weight is 184 g/mol. The van der Waals surface area contributed by atoms with Gasteiger partial charge in [0, 0.05) is 18.5 Å². The van der Waals surface area contributed by atoms with E-state index in [1.165, 1.54) is 6.92 Å². The third-order valence-electron chi connectivity index (χ3n) is 1.45. The second-order valence-corrected chi connectivity index (χ2v) is 2.97. The molecule has 0 saturated heterocycles. The lowest BCUT2D eigenvalue weighted by Crippen LogP contribution is -2.18. The summed E-state index contributed by atoms with van der Waals surface area (Å²) in [7, 11) is 0. The Hall–Kier alpha value is -1.02. The zero-order chi connectivity index (χ0) is 8.97. The van der Waals surface area contributed by atoms with E-state index in [1.807, 2.05) is 12.1 Å². The van der Waals surface area contributed by atoms with Gasteiger partial charge in [-0.3, -0.25) is 4.79 Å². The molecule has 12 heavy (non-hydrogen) atoms. The summed E-state index contributed by atoms with van der Waals surface area (Å²) < 4.78 is 0. The molecule has 2 nitrogen and oxygen atoms in total. The summed E-state index contributed by atoms with van der Waals surface area (Å²) in [5, 5.41) is 3.41. The molecular weight excluding hydrogens is 174 g/mol. The van der Waals surface area contributed by atoms with E-state index in [9.17, 15) is 4.79 Å². The highest BCUT2D eigenvalue weighted by Gasteiger charge is 1.93. The predicted molar refractivity (Wildman–Crippen MR) is 49.0 cm³/mol. The van der Waals surface area contributed by atoms with Crippen molar-refractivity contribution in [3.05, 3.63) is 34.9 Å². The van der Waals surface area contributed by atoms with Gasteiger partial charge in [0.1, 0.15) is 0 Å². The van der Waals surface area contributed by atoms with Crippen LogP contribution in [0.25, 0.3) is 0 Å². The zero-order valence-electron chi connectivity index (χ0n) is 6.80. The molecule has 0 fully saturated rings. The van der Waals surface area contributed by atoms with Crippen LogP contribution in [-0.2, 0) is 11.3 Å². The fourth-order valence-corrected chi connectivity index (χ4v) is 0.955. The van der Waals surface area contributed by atoms with Crippen molar-refractivity contribution >= 4 is 17.5 Å².